The molecule has 0 aliphatic carbocycles. The second-order valence-electron chi connectivity index (χ2n) is 5.09. The Labute approximate surface area is 132 Å². The maximum Gasteiger partial charge on any atom is 0.124 e. The van der Waals surface area contributed by atoms with Gasteiger partial charge in [-0.15, -0.1) is 11.6 Å². The number of rotatable bonds is 4. The molecular weight excluding hydrogens is 319 g/mol. The molecule has 1 aromatic heterocycles. The molecule has 20 heavy (non-hydrogen) atoms. The van der Waals surface area contributed by atoms with Crippen molar-refractivity contribution in [1.82, 2.24) is 9.55 Å². The minimum absolute atomic E-state index is 0.380. The minimum atomic E-state index is 0.380. The Morgan fingerprint density at radius 1 is 1.30 bits per heavy atom. The topological polar surface area (TPSA) is 27.1 Å². The molecule has 1 aliphatic heterocycles. The number of nitrogens with zero attached hydrogens (tertiary/aromatic N) is 2. The molecular formula is C14H15Cl3N2O. The van der Waals surface area contributed by atoms with Crippen LogP contribution in [0.4, 0.5) is 0 Å². The van der Waals surface area contributed by atoms with Crippen molar-refractivity contribution < 1.29 is 4.74 Å². The van der Waals surface area contributed by atoms with E-state index < -0.39 is 0 Å². The lowest BCUT2D eigenvalue weighted by Crippen LogP contribution is -2.08. The highest BCUT2D eigenvalue weighted by Crippen LogP contribution is 2.29. The summed E-state index contributed by atoms with van der Waals surface area (Å²) >= 11 is 18.2. The lowest BCUT2D eigenvalue weighted by atomic mass is 10.1. The van der Waals surface area contributed by atoms with E-state index in [0.717, 1.165) is 49.5 Å². The van der Waals surface area contributed by atoms with Crippen LogP contribution in [0.5, 0.6) is 0 Å². The summed E-state index contributed by atoms with van der Waals surface area (Å²) in [5.41, 5.74) is 1.84. The van der Waals surface area contributed by atoms with Crippen LogP contribution in [-0.2, 0) is 17.2 Å². The van der Waals surface area contributed by atoms with Crippen molar-refractivity contribution >= 4 is 45.8 Å². The zero-order chi connectivity index (χ0) is 14.1. The predicted octanol–water partition coefficient (Wildman–Crippen LogP) is 4.51. The highest BCUT2D eigenvalue weighted by Gasteiger charge is 2.18. The normalized spacial score (nSPS) is 19.1. The second kappa shape index (κ2) is 6.10. The third kappa shape index (κ3) is 2.77. The molecule has 3 rings (SSSR count). The van der Waals surface area contributed by atoms with Crippen LogP contribution in [0, 0.1) is 5.92 Å². The Balaban J connectivity index is 1.92. The predicted molar refractivity (Wildman–Crippen MR) is 82.9 cm³/mol. The molecule has 0 radical (unpaired) electrons. The molecule has 0 N–H and O–H groups in total. The SMILES string of the molecule is ClCc1nc2cc(Cl)c(Cl)cc2n1CCC1CCOC1. The Kier molecular flexibility index (Phi) is 4.41. The fourth-order valence-corrected chi connectivity index (χ4v) is 3.16. The molecule has 1 unspecified atom stereocenters. The quantitative estimate of drug-likeness (QED) is 0.770. The van der Waals surface area contributed by atoms with E-state index in [1.807, 2.05) is 6.07 Å². The maximum absolute atomic E-state index is 6.11. The zero-order valence-corrected chi connectivity index (χ0v) is 13.2. The first kappa shape index (κ1) is 14.5. The molecule has 6 heteroatoms. The van der Waals surface area contributed by atoms with Gasteiger partial charge in [-0.3, -0.25) is 0 Å². The minimum Gasteiger partial charge on any atom is -0.381 e. The van der Waals surface area contributed by atoms with Gasteiger partial charge in [0.2, 0.25) is 0 Å². The Hall–Kier alpha value is -0.480. The molecule has 0 amide bonds. The standard InChI is InChI=1S/C14H15Cl3N2O/c15-7-14-18-12-5-10(16)11(17)6-13(12)19(14)3-1-9-2-4-20-8-9/h5-6,9H,1-4,7-8H2. The van der Waals surface area contributed by atoms with E-state index in [2.05, 4.69) is 9.55 Å². The molecule has 3 nitrogen and oxygen atoms in total. The largest absolute Gasteiger partial charge is 0.381 e. The van der Waals surface area contributed by atoms with Gasteiger partial charge in [-0.2, -0.15) is 0 Å². The average Bonchev–Trinajstić information content (AvgIpc) is 3.05. The summed E-state index contributed by atoms with van der Waals surface area (Å²) in [4.78, 5) is 4.54. The summed E-state index contributed by atoms with van der Waals surface area (Å²) in [6, 6.07) is 3.66. The first-order chi connectivity index (χ1) is 9.69. The lowest BCUT2D eigenvalue weighted by Gasteiger charge is -2.11. The average molecular weight is 334 g/mol. The van der Waals surface area contributed by atoms with E-state index >= 15 is 0 Å². The lowest BCUT2D eigenvalue weighted by molar-refractivity contribution is 0.183. The number of fused-ring (bicyclic) bond motifs is 1. The molecule has 108 valence electrons. The third-order valence-electron chi connectivity index (χ3n) is 3.77. The molecule has 0 saturated carbocycles. The highest BCUT2D eigenvalue weighted by molar-refractivity contribution is 6.42. The monoisotopic (exact) mass is 332 g/mol. The molecule has 0 spiro atoms. The molecule has 1 aliphatic rings. The Bertz CT molecular complexity index is 620. The number of aryl methyl sites for hydroxylation is 1. The van der Waals surface area contributed by atoms with Crippen LogP contribution in [0.2, 0.25) is 10.0 Å². The van der Waals surface area contributed by atoms with Gasteiger partial charge in [0.05, 0.1) is 27.0 Å². The molecule has 2 heterocycles. The molecule has 1 fully saturated rings. The van der Waals surface area contributed by atoms with Crippen LogP contribution in [0.1, 0.15) is 18.7 Å². The fraction of sp³-hybridized carbons (Fsp3) is 0.500. The number of imidazole rings is 1. The summed E-state index contributed by atoms with van der Waals surface area (Å²) in [5, 5.41) is 1.07. The maximum atomic E-state index is 6.11. The van der Waals surface area contributed by atoms with Gasteiger partial charge >= 0.3 is 0 Å². The Morgan fingerprint density at radius 3 is 2.80 bits per heavy atom. The summed E-state index contributed by atoms with van der Waals surface area (Å²) in [6.07, 6.45) is 2.20. The van der Waals surface area contributed by atoms with Crippen LogP contribution in [0.15, 0.2) is 12.1 Å². The summed E-state index contributed by atoms with van der Waals surface area (Å²) in [6.45, 7) is 2.61. The van der Waals surface area contributed by atoms with Crippen molar-refractivity contribution in [3.8, 4) is 0 Å². The van der Waals surface area contributed by atoms with Crippen molar-refractivity contribution in [3.05, 3.63) is 28.0 Å². The van der Waals surface area contributed by atoms with Crippen molar-refractivity contribution in [3.63, 3.8) is 0 Å². The number of aromatic nitrogens is 2. The van der Waals surface area contributed by atoms with Crippen molar-refractivity contribution in [2.45, 2.75) is 25.3 Å². The van der Waals surface area contributed by atoms with E-state index in [-0.39, 0.29) is 0 Å². The zero-order valence-electron chi connectivity index (χ0n) is 10.9. The number of alkyl halides is 1. The number of halogens is 3. The second-order valence-corrected chi connectivity index (χ2v) is 6.17. The molecule has 2 aromatic rings. The van der Waals surface area contributed by atoms with Gasteiger partial charge in [-0.05, 0) is 30.9 Å². The molecule has 1 aromatic carbocycles. The van der Waals surface area contributed by atoms with Crippen LogP contribution < -0.4 is 0 Å². The van der Waals surface area contributed by atoms with E-state index in [0.29, 0.717) is 21.8 Å². The molecule has 1 saturated heterocycles. The summed E-state index contributed by atoms with van der Waals surface area (Å²) < 4.78 is 7.56. The molecule has 0 bridgehead atoms. The van der Waals surface area contributed by atoms with Crippen LogP contribution in [0.3, 0.4) is 0 Å². The van der Waals surface area contributed by atoms with Gasteiger partial charge < -0.3 is 9.30 Å². The van der Waals surface area contributed by atoms with Gasteiger partial charge in [0, 0.05) is 19.8 Å². The van der Waals surface area contributed by atoms with Crippen LogP contribution in [-0.4, -0.2) is 22.8 Å². The molecule has 1 atom stereocenters. The van der Waals surface area contributed by atoms with Gasteiger partial charge in [0.25, 0.3) is 0 Å². The van der Waals surface area contributed by atoms with E-state index in [1.54, 1.807) is 6.07 Å². The van der Waals surface area contributed by atoms with Gasteiger partial charge in [0.15, 0.2) is 0 Å². The number of hydrogen-bond acceptors (Lipinski definition) is 2. The van der Waals surface area contributed by atoms with E-state index in [1.165, 1.54) is 0 Å². The van der Waals surface area contributed by atoms with E-state index in [4.69, 9.17) is 39.5 Å². The summed E-state index contributed by atoms with van der Waals surface area (Å²) in [7, 11) is 0. The first-order valence-electron chi connectivity index (χ1n) is 6.67. The Morgan fingerprint density at radius 2 is 2.10 bits per heavy atom. The third-order valence-corrected chi connectivity index (χ3v) is 4.74. The fourth-order valence-electron chi connectivity index (χ4n) is 2.64. The van der Waals surface area contributed by atoms with Crippen molar-refractivity contribution in [1.29, 1.82) is 0 Å². The summed E-state index contributed by atoms with van der Waals surface area (Å²) in [5.74, 6) is 1.86. The van der Waals surface area contributed by atoms with Gasteiger partial charge in [-0.25, -0.2) is 4.98 Å². The van der Waals surface area contributed by atoms with Crippen LogP contribution >= 0.6 is 34.8 Å². The van der Waals surface area contributed by atoms with Crippen molar-refractivity contribution in [2.24, 2.45) is 5.92 Å². The number of hydrogen-bond donors (Lipinski definition) is 0. The number of ether oxygens (including phenoxy) is 1. The van der Waals surface area contributed by atoms with Gasteiger partial charge in [0.1, 0.15) is 5.82 Å². The van der Waals surface area contributed by atoms with Crippen molar-refractivity contribution in [2.75, 3.05) is 13.2 Å². The highest BCUT2D eigenvalue weighted by atomic mass is 35.5. The smallest absolute Gasteiger partial charge is 0.124 e. The number of benzene rings is 1. The first-order valence-corrected chi connectivity index (χ1v) is 7.96. The van der Waals surface area contributed by atoms with E-state index in [9.17, 15) is 0 Å². The van der Waals surface area contributed by atoms with Gasteiger partial charge in [-0.1, -0.05) is 23.2 Å². The van der Waals surface area contributed by atoms with Crippen LogP contribution in [0.25, 0.3) is 11.0 Å².